The first-order valence-electron chi connectivity index (χ1n) is 13.9. The van der Waals surface area contributed by atoms with Crippen LogP contribution >= 0.6 is 0 Å². The van der Waals surface area contributed by atoms with Gasteiger partial charge in [0.05, 0.1) is 5.75 Å². The van der Waals surface area contributed by atoms with Crippen molar-refractivity contribution in [3.63, 3.8) is 0 Å². The van der Waals surface area contributed by atoms with Gasteiger partial charge in [0, 0.05) is 32.0 Å². The van der Waals surface area contributed by atoms with Crippen molar-refractivity contribution in [1.29, 1.82) is 0 Å². The fraction of sp³-hybridized carbons (Fsp3) is 0.679. The number of ether oxygens (including phenoxy) is 1. The molecular formula is C28H38F3N3O5S. The molecule has 3 aliphatic rings. The van der Waals surface area contributed by atoms with Crippen LogP contribution in [-0.4, -0.2) is 74.0 Å². The Labute approximate surface area is 233 Å². The van der Waals surface area contributed by atoms with E-state index in [2.05, 4.69) is 5.32 Å². The highest BCUT2D eigenvalue weighted by atomic mass is 32.2. The lowest BCUT2D eigenvalue weighted by Crippen LogP contribution is -2.51. The van der Waals surface area contributed by atoms with Crippen molar-refractivity contribution >= 4 is 27.5 Å². The molecule has 0 atom stereocenters. The van der Waals surface area contributed by atoms with E-state index in [0.717, 1.165) is 16.7 Å². The van der Waals surface area contributed by atoms with Gasteiger partial charge in [-0.1, -0.05) is 18.2 Å². The molecule has 2 heterocycles. The van der Waals surface area contributed by atoms with E-state index in [-0.39, 0.29) is 49.0 Å². The quantitative estimate of drug-likeness (QED) is 0.451. The number of rotatable bonds is 10. The van der Waals surface area contributed by atoms with Crippen LogP contribution in [0.1, 0.15) is 62.1 Å². The van der Waals surface area contributed by atoms with Crippen LogP contribution in [0.4, 0.5) is 13.2 Å². The summed E-state index contributed by atoms with van der Waals surface area (Å²) in [6, 6.07) is 5.68. The molecule has 1 aromatic carbocycles. The zero-order valence-corrected chi connectivity index (χ0v) is 23.9. The summed E-state index contributed by atoms with van der Waals surface area (Å²) in [5.74, 6) is 0.556. The molecule has 0 bridgehead atoms. The second-order valence-corrected chi connectivity index (χ2v) is 13.5. The first-order valence-corrected chi connectivity index (χ1v) is 15.5. The summed E-state index contributed by atoms with van der Waals surface area (Å²) < 4.78 is 69.4. The zero-order chi connectivity index (χ0) is 29.1. The number of halogens is 3. The van der Waals surface area contributed by atoms with Crippen molar-refractivity contribution < 1.29 is 35.9 Å². The predicted octanol–water partition coefficient (Wildman–Crippen LogP) is 3.75. The number of amidine groups is 1. The minimum Gasteiger partial charge on any atom is -0.372 e. The first-order chi connectivity index (χ1) is 18.8. The van der Waals surface area contributed by atoms with Gasteiger partial charge in [0.2, 0.25) is 10.0 Å². The number of hydrogen-bond acceptors (Lipinski definition) is 6. The Morgan fingerprint density at radius 1 is 1.18 bits per heavy atom. The van der Waals surface area contributed by atoms with Crippen molar-refractivity contribution in [2.24, 2.45) is 16.8 Å². The van der Waals surface area contributed by atoms with Gasteiger partial charge in [0.15, 0.2) is 0 Å². The Morgan fingerprint density at radius 2 is 1.85 bits per heavy atom. The van der Waals surface area contributed by atoms with Gasteiger partial charge in [-0.05, 0) is 81.4 Å². The number of nitrogens with zero attached hydrogens (tertiary/aromatic N) is 2. The lowest BCUT2D eigenvalue weighted by Gasteiger charge is -2.34. The van der Waals surface area contributed by atoms with Crippen LogP contribution in [0, 0.1) is 18.8 Å². The van der Waals surface area contributed by atoms with E-state index in [4.69, 9.17) is 9.73 Å². The van der Waals surface area contributed by atoms with Crippen LogP contribution in [0.5, 0.6) is 0 Å². The van der Waals surface area contributed by atoms with Gasteiger partial charge in [-0.3, -0.25) is 14.6 Å². The molecule has 1 saturated carbocycles. The van der Waals surface area contributed by atoms with Crippen LogP contribution in [0.15, 0.2) is 23.2 Å². The highest BCUT2D eigenvalue weighted by molar-refractivity contribution is 7.89. The maximum absolute atomic E-state index is 13.1. The molecule has 1 saturated heterocycles. The van der Waals surface area contributed by atoms with Gasteiger partial charge < -0.3 is 10.1 Å². The Bertz CT molecular complexity index is 1230. The third-order valence-corrected chi connectivity index (χ3v) is 10.2. The number of benzene rings is 1. The molecule has 2 fully saturated rings. The Hall–Kier alpha value is -2.31. The van der Waals surface area contributed by atoms with E-state index in [1.807, 2.05) is 25.1 Å². The molecule has 1 N–H and O–H groups in total. The van der Waals surface area contributed by atoms with Crippen LogP contribution in [0.25, 0.3) is 0 Å². The summed E-state index contributed by atoms with van der Waals surface area (Å²) in [4.78, 5) is 29.1. The number of piperidine rings is 1. The molecular weight excluding hydrogens is 547 g/mol. The third kappa shape index (κ3) is 7.70. The lowest BCUT2D eigenvalue weighted by atomic mass is 9.82. The van der Waals surface area contributed by atoms with Crippen LogP contribution in [0.3, 0.4) is 0 Å². The molecule has 4 rings (SSSR count). The first kappa shape index (κ1) is 30.6. The summed E-state index contributed by atoms with van der Waals surface area (Å²) in [5.41, 5.74) is 1.84. The van der Waals surface area contributed by atoms with Gasteiger partial charge in [-0.15, -0.1) is 0 Å². The number of nitrogens with one attached hydrogen (secondary N) is 1. The van der Waals surface area contributed by atoms with Gasteiger partial charge in [-0.2, -0.15) is 13.2 Å². The monoisotopic (exact) mass is 585 g/mol. The highest BCUT2D eigenvalue weighted by Crippen LogP contribution is 2.36. The van der Waals surface area contributed by atoms with Gasteiger partial charge in [0.1, 0.15) is 23.8 Å². The predicted molar refractivity (Wildman–Crippen MR) is 144 cm³/mol. The van der Waals surface area contributed by atoms with Crippen molar-refractivity contribution in [3.8, 4) is 0 Å². The average Bonchev–Trinajstić information content (AvgIpc) is 3.18. The summed E-state index contributed by atoms with van der Waals surface area (Å²) in [7, 11) is -3.53. The molecule has 1 amide bonds. The van der Waals surface area contributed by atoms with Gasteiger partial charge in [0.25, 0.3) is 5.91 Å². The number of sulfonamides is 1. The van der Waals surface area contributed by atoms with E-state index in [0.29, 0.717) is 57.2 Å². The van der Waals surface area contributed by atoms with Crippen molar-refractivity contribution in [2.75, 3.05) is 32.1 Å². The van der Waals surface area contributed by atoms with E-state index < -0.39 is 28.3 Å². The third-order valence-electron chi connectivity index (χ3n) is 8.28. The molecule has 1 spiro atoms. The molecule has 1 aliphatic carbocycles. The largest absolute Gasteiger partial charge is 0.411 e. The molecule has 0 aromatic heterocycles. The number of alkyl halides is 3. The summed E-state index contributed by atoms with van der Waals surface area (Å²) in [5, 5.41) is 2.93. The number of amides is 1. The number of aryl methyl sites for hydroxylation is 2. The van der Waals surface area contributed by atoms with Crippen molar-refractivity contribution in [1.82, 2.24) is 9.62 Å². The Morgan fingerprint density at radius 3 is 2.45 bits per heavy atom. The van der Waals surface area contributed by atoms with Gasteiger partial charge in [-0.25, -0.2) is 12.7 Å². The van der Waals surface area contributed by atoms with Crippen LogP contribution < -0.4 is 5.32 Å². The smallest absolute Gasteiger partial charge is 0.372 e. The number of carbonyl (C=O) groups is 2. The number of aliphatic imine (C=N–C) groups is 1. The average molecular weight is 586 g/mol. The fourth-order valence-corrected chi connectivity index (χ4v) is 7.43. The van der Waals surface area contributed by atoms with Crippen molar-refractivity contribution in [3.05, 3.63) is 34.9 Å². The molecule has 40 heavy (non-hydrogen) atoms. The van der Waals surface area contributed by atoms with E-state index in [1.165, 1.54) is 11.2 Å². The topological polar surface area (TPSA) is 105 Å². The SMILES string of the molecule is CC(=O)Cc1ccc(CCS(=O)(=O)N2CCC3(CC2)N=C(C2CCC(COCC(F)(F)F)CC2)NC3=O)c(C)c1. The molecule has 0 radical (unpaired) electrons. The molecule has 1 aromatic rings. The standard InChI is InChI=1S/C28H38F3N3O5S/c1-19-15-22(16-20(2)35)5-6-23(19)9-14-40(37,38)34-12-10-27(11-13-34)26(36)32-25(33-27)24-7-3-21(4-8-24)17-39-18-28(29,30)31/h5-6,15,21,24H,3-4,7-14,16-18H2,1-2H3,(H,32,33,36). The number of Topliss-reactive ketones (excluding diaryl/α,β-unsaturated/α-hetero) is 1. The number of hydrogen-bond donors (Lipinski definition) is 1. The summed E-state index contributed by atoms with van der Waals surface area (Å²) >= 11 is 0. The second-order valence-electron chi connectivity index (χ2n) is 11.4. The second kappa shape index (κ2) is 12.3. The molecule has 222 valence electrons. The van der Waals surface area contributed by atoms with E-state index in [1.54, 1.807) is 0 Å². The normalized spacial score (nSPS) is 23.7. The fourth-order valence-electron chi connectivity index (χ4n) is 5.96. The minimum absolute atomic E-state index is 0.0361. The van der Waals surface area contributed by atoms with Crippen LogP contribution in [0.2, 0.25) is 0 Å². The number of carbonyl (C=O) groups excluding carboxylic acids is 2. The number of ketones is 1. The Balaban J connectivity index is 1.28. The maximum Gasteiger partial charge on any atom is 0.411 e. The molecule has 12 heteroatoms. The minimum atomic E-state index is -4.33. The summed E-state index contributed by atoms with van der Waals surface area (Å²) in [6.45, 7) is 2.72. The Kier molecular flexibility index (Phi) is 9.41. The maximum atomic E-state index is 13.1. The van der Waals surface area contributed by atoms with E-state index in [9.17, 15) is 31.2 Å². The molecule has 0 unspecified atom stereocenters. The van der Waals surface area contributed by atoms with E-state index >= 15 is 0 Å². The van der Waals surface area contributed by atoms with Crippen molar-refractivity contribution in [2.45, 2.75) is 76.9 Å². The molecule has 2 aliphatic heterocycles. The van der Waals surface area contributed by atoms with Gasteiger partial charge >= 0.3 is 6.18 Å². The summed E-state index contributed by atoms with van der Waals surface area (Å²) in [6.07, 6.45) is -0.161. The molecule has 8 nitrogen and oxygen atoms in total. The lowest BCUT2D eigenvalue weighted by molar-refractivity contribution is -0.177. The zero-order valence-electron chi connectivity index (χ0n) is 23.1. The van der Waals surface area contributed by atoms with Crippen LogP contribution in [-0.2, 0) is 37.2 Å². The highest BCUT2D eigenvalue weighted by Gasteiger charge is 2.48.